The van der Waals surface area contributed by atoms with E-state index in [0.29, 0.717) is 5.78 Å². The second-order valence-electron chi connectivity index (χ2n) is 4.87. The van der Waals surface area contributed by atoms with Gasteiger partial charge in [-0.2, -0.15) is 0 Å². The molecule has 0 saturated heterocycles. The molecule has 0 aliphatic heterocycles. The molecule has 0 aliphatic carbocycles. The summed E-state index contributed by atoms with van der Waals surface area (Å²) in [6.07, 6.45) is 5.65. The van der Waals surface area contributed by atoms with Crippen LogP contribution in [-0.2, 0) is 11.2 Å². The van der Waals surface area contributed by atoms with E-state index >= 15 is 0 Å². The second kappa shape index (κ2) is 5.64. The van der Waals surface area contributed by atoms with Crippen LogP contribution in [0.2, 0.25) is 0 Å². The van der Waals surface area contributed by atoms with Crippen molar-refractivity contribution in [1.82, 2.24) is 19.4 Å². The maximum absolute atomic E-state index is 11.0. The number of rotatable bonds is 4. The van der Waals surface area contributed by atoms with Crippen molar-refractivity contribution in [3.63, 3.8) is 0 Å². The summed E-state index contributed by atoms with van der Waals surface area (Å²) in [4.78, 5) is 25.0. The lowest BCUT2D eigenvalue weighted by molar-refractivity contribution is -0.117. The van der Waals surface area contributed by atoms with Crippen LogP contribution < -0.4 is 5.73 Å². The molecule has 3 heterocycles. The smallest absolute Gasteiger partial charge is 0.234 e. The van der Waals surface area contributed by atoms with E-state index in [9.17, 15) is 4.79 Å². The van der Waals surface area contributed by atoms with Crippen LogP contribution in [-0.4, -0.2) is 25.3 Å². The Balaban J connectivity index is 1.67. The number of primary amides is 1. The molecule has 1 aromatic carbocycles. The van der Waals surface area contributed by atoms with Crippen LogP contribution in [0.5, 0.6) is 0 Å². The molecule has 8 heteroatoms. The first-order valence-corrected chi connectivity index (χ1v) is 8.46. The number of thiazole rings is 1. The molecule has 0 atom stereocenters. The summed E-state index contributed by atoms with van der Waals surface area (Å²) in [5.74, 6) is 0.314. The van der Waals surface area contributed by atoms with Crippen molar-refractivity contribution in [2.24, 2.45) is 5.73 Å². The normalized spacial score (nSPS) is 11.3. The predicted molar refractivity (Wildman–Crippen MR) is 89.6 cm³/mol. The molecule has 0 unspecified atom stereocenters. The molecular formula is C15H11N5OS2. The maximum Gasteiger partial charge on any atom is 0.234 e. The van der Waals surface area contributed by atoms with Gasteiger partial charge < -0.3 is 5.73 Å². The first-order chi connectivity index (χ1) is 11.2. The van der Waals surface area contributed by atoms with Gasteiger partial charge in [0.15, 0.2) is 0 Å². The molecule has 0 aliphatic rings. The third-order valence-electron chi connectivity index (χ3n) is 3.21. The van der Waals surface area contributed by atoms with Gasteiger partial charge in [0, 0.05) is 17.3 Å². The molecule has 6 nitrogen and oxygen atoms in total. The van der Waals surface area contributed by atoms with Gasteiger partial charge in [0.25, 0.3) is 0 Å². The molecule has 23 heavy (non-hydrogen) atoms. The van der Waals surface area contributed by atoms with Crippen molar-refractivity contribution in [3.05, 3.63) is 47.9 Å². The summed E-state index contributed by atoms with van der Waals surface area (Å²) in [6.45, 7) is 0. The van der Waals surface area contributed by atoms with Gasteiger partial charge in [-0.05, 0) is 24.3 Å². The Morgan fingerprint density at radius 2 is 2.26 bits per heavy atom. The van der Waals surface area contributed by atoms with Crippen molar-refractivity contribution < 1.29 is 4.79 Å². The minimum atomic E-state index is -0.364. The Hall–Kier alpha value is -2.45. The summed E-state index contributed by atoms with van der Waals surface area (Å²) in [5.41, 5.74) is 6.11. The van der Waals surface area contributed by atoms with Gasteiger partial charge in [0.2, 0.25) is 11.7 Å². The Labute approximate surface area is 139 Å². The van der Waals surface area contributed by atoms with Crippen molar-refractivity contribution in [1.29, 1.82) is 0 Å². The van der Waals surface area contributed by atoms with Gasteiger partial charge in [0.05, 0.1) is 22.8 Å². The maximum atomic E-state index is 11.0. The molecule has 4 aromatic rings. The molecule has 0 spiro atoms. The predicted octanol–water partition coefficient (Wildman–Crippen LogP) is 2.52. The molecular weight excluding hydrogens is 330 g/mol. The number of carbonyl (C=O) groups is 1. The topological polar surface area (TPSA) is 86.2 Å². The van der Waals surface area contributed by atoms with E-state index in [1.165, 1.54) is 11.3 Å². The standard InChI is InChI=1S/C15H11N5OS2/c16-12(21)7-13-19-10-3-2-9(6-11(10)23-13)22-14-8-18-15-17-4-1-5-20(14)15/h1-6,8H,7H2,(H2,16,21). The SMILES string of the molecule is NC(=O)Cc1nc2ccc(Sc3cnc4ncccn34)cc2s1. The van der Waals surface area contributed by atoms with E-state index in [1.54, 1.807) is 18.0 Å². The lowest BCUT2D eigenvalue weighted by Crippen LogP contribution is -2.13. The molecule has 114 valence electrons. The highest BCUT2D eigenvalue weighted by atomic mass is 32.2. The summed E-state index contributed by atoms with van der Waals surface area (Å²) in [5, 5.41) is 1.74. The minimum Gasteiger partial charge on any atom is -0.369 e. The highest BCUT2D eigenvalue weighted by Crippen LogP contribution is 2.32. The van der Waals surface area contributed by atoms with Gasteiger partial charge in [-0.15, -0.1) is 11.3 Å². The summed E-state index contributed by atoms with van der Waals surface area (Å²) in [6, 6.07) is 7.91. The number of hydrogen-bond acceptors (Lipinski definition) is 6. The average Bonchev–Trinajstić information content (AvgIpc) is 3.10. The van der Waals surface area contributed by atoms with Crippen LogP contribution >= 0.6 is 23.1 Å². The lowest BCUT2D eigenvalue weighted by atomic mass is 10.3. The monoisotopic (exact) mass is 341 g/mol. The summed E-state index contributed by atoms with van der Waals surface area (Å²) in [7, 11) is 0. The molecule has 0 fully saturated rings. The van der Waals surface area contributed by atoms with E-state index in [1.807, 2.05) is 35.0 Å². The number of imidazole rings is 1. The minimum absolute atomic E-state index is 0.181. The van der Waals surface area contributed by atoms with Gasteiger partial charge in [0.1, 0.15) is 10.0 Å². The Kier molecular flexibility index (Phi) is 3.47. The molecule has 0 bridgehead atoms. The number of amides is 1. The van der Waals surface area contributed by atoms with Crippen LogP contribution in [0.25, 0.3) is 16.0 Å². The van der Waals surface area contributed by atoms with E-state index in [-0.39, 0.29) is 12.3 Å². The number of hydrogen-bond donors (Lipinski definition) is 1. The zero-order valence-electron chi connectivity index (χ0n) is 11.8. The lowest BCUT2D eigenvalue weighted by Gasteiger charge is -2.01. The first kappa shape index (κ1) is 14.2. The van der Waals surface area contributed by atoms with Gasteiger partial charge in [-0.25, -0.2) is 15.0 Å². The third kappa shape index (κ3) is 2.78. The quantitative estimate of drug-likeness (QED) is 0.616. The number of nitrogens with two attached hydrogens (primary N) is 1. The van der Waals surface area contributed by atoms with Crippen LogP contribution in [0.4, 0.5) is 0 Å². The highest BCUT2D eigenvalue weighted by Gasteiger charge is 2.09. The van der Waals surface area contributed by atoms with Crippen LogP contribution in [0.1, 0.15) is 5.01 Å². The van der Waals surface area contributed by atoms with E-state index in [0.717, 1.165) is 25.1 Å². The number of benzene rings is 1. The molecule has 3 aromatic heterocycles. The number of carbonyl (C=O) groups excluding carboxylic acids is 1. The van der Waals surface area contributed by atoms with Gasteiger partial charge >= 0.3 is 0 Å². The van der Waals surface area contributed by atoms with Gasteiger partial charge in [-0.1, -0.05) is 11.8 Å². The van der Waals surface area contributed by atoms with Crippen molar-refractivity contribution in [3.8, 4) is 0 Å². The van der Waals surface area contributed by atoms with Crippen molar-refractivity contribution in [2.75, 3.05) is 0 Å². The molecule has 0 saturated carbocycles. The van der Waals surface area contributed by atoms with Crippen molar-refractivity contribution in [2.45, 2.75) is 16.3 Å². The molecule has 2 N–H and O–H groups in total. The fourth-order valence-electron chi connectivity index (χ4n) is 2.24. The summed E-state index contributed by atoms with van der Waals surface area (Å²) < 4.78 is 2.98. The fourth-order valence-corrected chi connectivity index (χ4v) is 4.23. The van der Waals surface area contributed by atoms with Crippen LogP contribution in [0.3, 0.4) is 0 Å². The zero-order valence-corrected chi connectivity index (χ0v) is 13.5. The first-order valence-electron chi connectivity index (χ1n) is 6.83. The third-order valence-corrected chi connectivity index (χ3v) is 5.23. The van der Waals surface area contributed by atoms with Gasteiger partial charge in [-0.3, -0.25) is 9.20 Å². The molecule has 0 radical (unpaired) electrons. The number of fused-ring (bicyclic) bond motifs is 2. The average molecular weight is 341 g/mol. The Morgan fingerprint density at radius 1 is 1.35 bits per heavy atom. The highest BCUT2D eigenvalue weighted by molar-refractivity contribution is 7.99. The Bertz CT molecular complexity index is 1020. The molecule has 4 rings (SSSR count). The van der Waals surface area contributed by atoms with E-state index in [4.69, 9.17) is 5.73 Å². The van der Waals surface area contributed by atoms with Crippen LogP contribution in [0.15, 0.2) is 52.8 Å². The van der Waals surface area contributed by atoms with Crippen LogP contribution in [0, 0.1) is 0 Å². The largest absolute Gasteiger partial charge is 0.369 e. The van der Waals surface area contributed by atoms with E-state index in [2.05, 4.69) is 21.0 Å². The molecule has 1 amide bonds. The Morgan fingerprint density at radius 3 is 3.13 bits per heavy atom. The summed E-state index contributed by atoms with van der Waals surface area (Å²) >= 11 is 3.11. The van der Waals surface area contributed by atoms with E-state index < -0.39 is 0 Å². The second-order valence-corrected chi connectivity index (χ2v) is 7.08. The number of nitrogens with zero attached hydrogens (tertiary/aromatic N) is 4. The van der Waals surface area contributed by atoms with Crippen molar-refractivity contribution >= 4 is 45.0 Å². The number of aromatic nitrogens is 4. The zero-order chi connectivity index (χ0) is 15.8. The fraction of sp³-hybridized carbons (Fsp3) is 0.0667.